The van der Waals surface area contributed by atoms with Crippen LogP contribution >= 0.6 is 11.3 Å². The Morgan fingerprint density at radius 2 is 1.92 bits per heavy atom. The zero-order chi connectivity index (χ0) is 19.1. The van der Waals surface area contributed by atoms with Crippen molar-refractivity contribution < 1.29 is 17.6 Å². The van der Waals surface area contributed by atoms with Crippen LogP contribution in [0.5, 0.6) is 0 Å². The van der Waals surface area contributed by atoms with E-state index in [9.17, 15) is 22.4 Å². The number of hydrogen-bond acceptors (Lipinski definition) is 5. The van der Waals surface area contributed by atoms with Gasteiger partial charge in [-0.05, 0) is 24.6 Å². The van der Waals surface area contributed by atoms with E-state index in [4.69, 9.17) is 0 Å². The van der Waals surface area contributed by atoms with Gasteiger partial charge in [-0.2, -0.15) is 13.2 Å². The molecule has 1 aromatic carbocycles. The lowest BCUT2D eigenvalue weighted by atomic mass is 9.99. The van der Waals surface area contributed by atoms with E-state index >= 15 is 0 Å². The summed E-state index contributed by atoms with van der Waals surface area (Å²) in [5, 5.41) is 8.69. The minimum Gasteiger partial charge on any atom is -0.311 e. The first-order valence-electron chi connectivity index (χ1n) is 7.43. The number of aromatic nitrogens is 4. The van der Waals surface area contributed by atoms with Crippen molar-refractivity contribution in [2.75, 3.05) is 0 Å². The molecule has 2 aromatic heterocycles. The molecule has 0 aliphatic heterocycles. The van der Waals surface area contributed by atoms with Gasteiger partial charge in [0.15, 0.2) is 5.01 Å². The van der Waals surface area contributed by atoms with Crippen LogP contribution in [0, 0.1) is 12.7 Å². The second-order valence-corrected chi connectivity index (χ2v) is 6.63. The minimum absolute atomic E-state index is 0.0794. The van der Waals surface area contributed by atoms with E-state index in [1.165, 1.54) is 6.07 Å². The molecule has 26 heavy (non-hydrogen) atoms. The van der Waals surface area contributed by atoms with Crippen molar-refractivity contribution >= 4 is 11.3 Å². The Labute approximate surface area is 148 Å². The number of aryl methyl sites for hydroxylation is 1. The van der Waals surface area contributed by atoms with Crippen LogP contribution in [0.3, 0.4) is 0 Å². The average molecular weight is 384 g/mol. The van der Waals surface area contributed by atoms with Gasteiger partial charge in [0.05, 0.1) is 5.56 Å². The number of rotatable bonds is 3. The Kier molecular flexibility index (Phi) is 4.61. The van der Waals surface area contributed by atoms with Crippen molar-refractivity contribution in [2.24, 2.45) is 0 Å². The zero-order valence-electron chi connectivity index (χ0n) is 13.6. The molecule has 0 radical (unpaired) electrons. The third-order valence-electron chi connectivity index (χ3n) is 3.68. The van der Waals surface area contributed by atoms with Crippen LogP contribution in [0.15, 0.2) is 29.1 Å². The highest BCUT2D eigenvalue weighted by molar-refractivity contribution is 7.14. The van der Waals surface area contributed by atoms with Crippen LogP contribution in [0.2, 0.25) is 0 Å². The molecule has 3 aromatic rings. The van der Waals surface area contributed by atoms with E-state index in [0.29, 0.717) is 27.6 Å². The highest BCUT2D eigenvalue weighted by atomic mass is 32.1. The summed E-state index contributed by atoms with van der Waals surface area (Å²) < 4.78 is 52.1. The highest BCUT2D eigenvalue weighted by Crippen LogP contribution is 2.35. The molecule has 0 aliphatic carbocycles. The normalized spacial score (nSPS) is 13.0. The molecule has 5 nitrogen and oxygen atoms in total. The molecular formula is C16H12F4N4OS. The van der Waals surface area contributed by atoms with Crippen LogP contribution < -0.4 is 5.56 Å². The molecular weight excluding hydrogens is 372 g/mol. The smallest absolute Gasteiger partial charge is 0.311 e. The van der Waals surface area contributed by atoms with Crippen molar-refractivity contribution in [1.82, 2.24) is 20.2 Å². The largest absolute Gasteiger partial charge is 0.416 e. The minimum atomic E-state index is -4.61. The summed E-state index contributed by atoms with van der Waals surface area (Å²) in [6, 6.07) is 3.66. The standard InChI is InChI=1S/C16H12F4N4OS/c1-7(10-4-3-9(5-11(10)17)16(18,19)20)14-23-24-15(26-14)12-6-13(25)22-8(2)21-12/h3-7H,1-2H3,(H,21,22,25). The number of nitrogens with one attached hydrogen (secondary N) is 1. The van der Waals surface area contributed by atoms with Gasteiger partial charge in [0, 0.05) is 12.0 Å². The van der Waals surface area contributed by atoms with Crippen LogP contribution in [0.25, 0.3) is 10.7 Å². The molecule has 3 rings (SSSR count). The molecule has 0 saturated carbocycles. The Bertz CT molecular complexity index is 1010. The second-order valence-electron chi connectivity index (χ2n) is 5.62. The Balaban J connectivity index is 1.93. The van der Waals surface area contributed by atoms with E-state index < -0.39 is 23.5 Å². The maximum atomic E-state index is 14.2. The first-order chi connectivity index (χ1) is 12.1. The fraction of sp³-hybridized carbons (Fsp3) is 0.250. The lowest BCUT2D eigenvalue weighted by molar-refractivity contribution is -0.137. The Morgan fingerprint density at radius 3 is 2.54 bits per heavy atom. The molecule has 0 bridgehead atoms. The molecule has 0 aliphatic rings. The number of halogens is 4. The monoisotopic (exact) mass is 384 g/mol. The molecule has 0 saturated heterocycles. The van der Waals surface area contributed by atoms with Gasteiger partial charge in [-0.25, -0.2) is 9.37 Å². The predicted molar refractivity (Wildman–Crippen MR) is 87.4 cm³/mol. The summed E-state index contributed by atoms with van der Waals surface area (Å²) in [5.74, 6) is -1.16. The van der Waals surface area contributed by atoms with Gasteiger partial charge in [0.25, 0.3) is 5.56 Å². The van der Waals surface area contributed by atoms with Crippen LogP contribution in [0.4, 0.5) is 17.6 Å². The number of benzene rings is 1. The first kappa shape index (κ1) is 18.2. The van der Waals surface area contributed by atoms with Gasteiger partial charge in [0.2, 0.25) is 0 Å². The van der Waals surface area contributed by atoms with Gasteiger partial charge in [-0.3, -0.25) is 4.79 Å². The van der Waals surface area contributed by atoms with Crippen molar-refractivity contribution in [2.45, 2.75) is 25.9 Å². The van der Waals surface area contributed by atoms with Gasteiger partial charge in [0.1, 0.15) is 22.3 Å². The topological polar surface area (TPSA) is 71.5 Å². The molecule has 1 unspecified atom stereocenters. The second kappa shape index (κ2) is 6.60. The maximum absolute atomic E-state index is 14.2. The summed E-state index contributed by atoms with van der Waals surface area (Å²) in [4.78, 5) is 18.2. The molecule has 10 heteroatoms. The quantitative estimate of drug-likeness (QED) is 0.695. The number of H-pyrrole nitrogens is 1. The number of hydrogen-bond donors (Lipinski definition) is 1. The predicted octanol–water partition coefficient (Wildman–Crippen LogP) is 3.91. The van der Waals surface area contributed by atoms with Gasteiger partial charge >= 0.3 is 6.18 Å². The molecule has 1 N–H and O–H groups in total. The third kappa shape index (κ3) is 3.64. The summed E-state index contributed by atoms with van der Waals surface area (Å²) >= 11 is 1.10. The zero-order valence-corrected chi connectivity index (χ0v) is 14.4. The molecule has 1 atom stereocenters. The molecule has 136 valence electrons. The number of alkyl halides is 3. The maximum Gasteiger partial charge on any atom is 0.416 e. The lowest BCUT2D eigenvalue weighted by Crippen LogP contribution is -2.08. The van der Waals surface area contributed by atoms with Crippen molar-refractivity contribution in [1.29, 1.82) is 0 Å². The van der Waals surface area contributed by atoms with Crippen molar-refractivity contribution in [3.63, 3.8) is 0 Å². The fourth-order valence-corrected chi connectivity index (χ4v) is 3.26. The fourth-order valence-electron chi connectivity index (χ4n) is 2.39. The van der Waals surface area contributed by atoms with E-state index in [-0.39, 0.29) is 11.1 Å². The third-order valence-corrected chi connectivity index (χ3v) is 4.81. The highest BCUT2D eigenvalue weighted by Gasteiger charge is 2.32. The van der Waals surface area contributed by atoms with E-state index in [0.717, 1.165) is 23.5 Å². The first-order valence-corrected chi connectivity index (χ1v) is 8.25. The Morgan fingerprint density at radius 1 is 1.19 bits per heavy atom. The SMILES string of the molecule is Cc1nc(-c2nnc(C(C)c3ccc(C(F)(F)F)cc3F)s2)cc(=O)[nH]1. The van der Waals surface area contributed by atoms with E-state index in [1.54, 1.807) is 13.8 Å². The summed E-state index contributed by atoms with van der Waals surface area (Å²) in [5.41, 5.74) is -0.982. The van der Waals surface area contributed by atoms with Crippen LogP contribution in [-0.2, 0) is 6.18 Å². The van der Waals surface area contributed by atoms with E-state index in [1.807, 2.05) is 0 Å². The van der Waals surface area contributed by atoms with Gasteiger partial charge in [-0.15, -0.1) is 10.2 Å². The van der Waals surface area contributed by atoms with Crippen molar-refractivity contribution in [3.8, 4) is 10.7 Å². The van der Waals surface area contributed by atoms with Crippen molar-refractivity contribution in [3.05, 3.63) is 62.4 Å². The van der Waals surface area contributed by atoms with Crippen LogP contribution in [-0.4, -0.2) is 20.2 Å². The van der Waals surface area contributed by atoms with Gasteiger partial charge < -0.3 is 4.98 Å². The molecule has 0 fully saturated rings. The summed E-state index contributed by atoms with van der Waals surface area (Å²) in [7, 11) is 0. The number of aromatic amines is 1. The lowest BCUT2D eigenvalue weighted by Gasteiger charge is -2.12. The average Bonchev–Trinajstić information content (AvgIpc) is 3.02. The van der Waals surface area contributed by atoms with Crippen LogP contribution in [0.1, 0.15) is 34.8 Å². The van der Waals surface area contributed by atoms with Gasteiger partial charge in [-0.1, -0.05) is 24.3 Å². The molecule has 2 heterocycles. The van der Waals surface area contributed by atoms with E-state index in [2.05, 4.69) is 20.2 Å². The summed E-state index contributed by atoms with van der Waals surface area (Å²) in [6.45, 7) is 3.24. The summed E-state index contributed by atoms with van der Waals surface area (Å²) in [6.07, 6.45) is -4.61. The Hall–Kier alpha value is -2.62. The molecule has 0 spiro atoms. The number of nitrogens with zero attached hydrogens (tertiary/aromatic N) is 3. The molecule has 0 amide bonds.